The van der Waals surface area contributed by atoms with Crippen LogP contribution < -0.4 is 14.2 Å². The van der Waals surface area contributed by atoms with Gasteiger partial charge in [0.05, 0.1) is 25.5 Å². The van der Waals surface area contributed by atoms with Gasteiger partial charge in [-0.2, -0.15) is 9.78 Å². The Labute approximate surface area is 156 Å². The molecule has 0 spiro atoms. The first kappa shape index (κ1) is 18.4. The SMILES string of the molecule is COc1ccc(C(=O)Oc2cc(C)nn2-c2nc(C)cc(C)n2)cc1OC. The number of carbonyl (C=O) groups is 1. The summed E-state index contributed by atoms with van der Waals surface area (Å²) in [4.78, 5) is 21.3. The van der Waals surface area contributed by atoms with Gasteiger partial charge in [0.1, 0.15) is 0 Å². The molecule has 0 saturated heterocycles. The number of rotatable bonds is 5. The third-order valence-electron chi connectivity index (χ3n) is 3.78. The van der Waals surface area contributed by atoms with E-state index in [4.69, 9.17) is 14.2 Å². The van der Waals surface area contributed by atoms with Gasteiger partial charge in [0.25, 0.3) is 5.95 Å². The average Bonchev–Trinajstić information content (AvgIpc) is 3.00. The number of aromatic nitrogens is 4. The Bertz CT molecular complexity index is 977. The summed E-state index contributed by atoms with van der Waals surface area (Å²) < 4.78 is 17.4. The molecule has 0 fully saturated rings. The second-order valence-electron chi connectivity index (χ2n) is 5.95. The minimum Gasteiger partial charge on any atom is -0.493 e. The molecule has 0 bridgehead atoms. The number of hydrogen-bond acceptors (Lipinski definition) is 7. The molecule has 0 aliphatic rings. The van der Waals surface area contributed by atoms with Gasteiger partial charge in [-0.25, -0.2) is 14.8 Å². The van der Waals surface area contributed by atoms with E-state index in [1.54, 1.807) is 31.2 Å². The van der Waals surface area contributed by atoms with Crippen molar-refractivity contribution in [2.45, 2.75) is 20.8 Å². The topological polar surface area (TPSA) is 88.4 Å². The highest BCUT2D eigenvalue weighted by atomic mass is 16.5. The van der Waals surface area contributed by atoms with Crippen LogP contribution >= 0.6 is 0 Å². The lowest BCUT2D eigenvalue weighted by Gasteiger charge is -2.10. The lowest BCUT2D eigenvalue weighted by atomic mass is 10.2. The molecule has 3 rings (SSSR count). The Morgan fingerprint density at radius 2 is 1.56 bits per heavy atom. The van der Waals surface area contributed by atoms with Crippen molar-refractivity contribution in [3.8, 4) is 23.3 Å². The van der Waals surface area contributed by atoms with E-state index >= 15 is 0 Å². The molecule has 0 amide bonds. The van der Waals surface area contributed by atoms with Crippen molar-refractivity contribution in [3.63, 3.8) is 0 Å². The van der Waals surface area contributed by atoms with Crippen molar-refractivity contribution >= 4 is 5.97 Å². The van der Waals surface area contributed by atoms with Gasteiger partial charge < -0.3 is 14.2 Å². The van der Waals surface area contributed by atoms with Gasteiger partial charge in [-0.15, -0.1) is 0 Å². The maximum absolute atomic E-state index is 12.6. The normalized spacial score (nSPS) is 10.6. The highest BCUT2D eigenvalue weighted by Crippen LogP contribution is 2.28. The molecule has 0 aliphatic carbocycles. The van der Waals surface area contributed by atoms with Crippen molar-refractivity contribution in [2.75, 3.05) is 14.2 Å². The Morgan fingerprint density at radius 1 is 0.889 bits per heavy atom. The third kappa shape index (κ3) is 3.89. The van der Waals surface area contributed by atoms with Crippen LogP contribution in [0.15, 0.2) is 30.3 Å². The summed E-state index contributed by atoms with van der Waals surface area (Å²) in [6.07, 6.45) is 0. The van der Waals surface area contributed by atoms with Gasteiger partial charge in [0, 0.05) is 17.5 Å². The van der Waals surface area contributed by atoms with Crippen LogP contribution in [0.4, 0.5) is 0 Å². The molecule has 3 aromatic rings. The zero-order valence-corrected chi connectivity index (χ0v) is 15.8. The summed E-state index contributed by atoms with van der Waals surface area (Å²) >= 11 is 0. The lowest BCUT2D eigenvalue weighted by molar-refractivity contribution is 0.0722. The molecule has 0 atom stereocenters. The van der Waals surface area contributed by atoms with Crippen LogP contribution in [0.3, 0.4) is 0 Å². The van der Waals surface area contributed by atoms with Crippen molar-refractivity contribution in [2.24, 2.45) is 0 Å². The standard InChI is InChI=1S/C19H20N4O4/c1-11-8-12(2)21-19(20-11)23-17(9-13(3)22-23)27-18(24)14-6-7-15(25-4)16(10-14)26-5/h6-10H,1-5H3. The predicted molar refractivity (Wildman–Crippen MR) is 97.9 cm³/mol. The first-order chi connectivity index (χ1) is 12.9. The minimum atomic E-state index is -0.554. The number of hydrogen-bond donors (Lipinski definition) is 0. The van der Waals surface area contributed by atoms with Crippen molar-refractivity contribution in [1.82, 2.24) is 19.7 Å². The second kappa shape index (κ2) is 7.45. The van der Waals surface area contributed by atoms with Crippen LogP contribution in [0.2, 0.25) is 0 Å². The molecule has 0 unspecified atom stereocenters. The minimum absolute atomic E-state index is 0.234. The van der Waals surface area contributed by atoms with Gasteiger partial charge in [-0.3, -0.25) is 0 Å². The zero-order valence-electron chi connectivity index (χ0n) is 15.8. The van der Waals surface area contributed by atoms with E-state index in [1.807, 2.05) is 19.9 Å². The molecule has 8 nitrogen and oxygen atoms in total. The molecule has 0 radical (unpaired) electrons. The van der Waals surface area contributed by atoms with E-state index in [-0.39, 0.29) is 5.88 Å². The fourth-order valence-electron chi connectivity index (χ4n) is 2.61. The summed E-state index contributed by atoms with van der Waals surface area (Å²) in [5.74, 6) is 0.988. The van der Waals surface area contributed by atoms with E-state index in [2.05, 4.69) is 15.1 Å². The lowest BCUT2D eigenvalue weighted by Crippen LogP contribution is -2.14. The third-order valence-corrected chi connectivity index (χ3v) is 3.78. The van der Waals surface area contributed by atoms with Crippen LogP contribution in [0, 0.1) is 20.8 Å². The van der Waals surface area contributed by atoms with Gasteiger partial charge in [-0.05, 0) is 45.0 Å². The predicted octanol–water partition coefficient (Wildman–Crippen LogP) is 2.82. The Balaban J connectivity index is 1.93. The highest BCUT2D eigenvalue weighted by Gasteiger charge is 2.18. The molecular weight excluding hydrogens is 348 g/mol. The van der Waals surface area contributed by atoms with Crippen LogP contribution in [0.5, 0.6) is 17.4 Å². The highest BCUT2D eigenvalue weighted by molar-refractivity contribution is 5.91. The smallest absolute Gasteiger partial charge is 0.345 e. The first-order valence-electron chi connectivity index (χ1n) is 8.25. The largest absolute Gasteiger partial charge is 0.493 e. The average molecular weight is 368 g/mol. The number of nitrogens with zero attached hydrogens (tertiary/aromatic N) is 4. The molecule has 140 valence electrons. The van der Waals surface area contributed by atoms with E-state index < -0.39 is 5.97 Å². The van der Waals surface area contributed by atoms with Crippen LogP contribution in [0.25, 0.3) is 5.95 Å². The second-order valence-corrected chi connectivity index (χ2v) is 5.95. The van der Waals surface area contributed by atoms with E-state index in [0.717, 1.165) is 11.4 Å². The van der Waals surface area contributed by atoms with E-state index in [9.17, 15) is 4.79 Å². The fourth-order valence-corrected chi connectivity index (χ4v) is 2.61. The number of carbonyl (C=O) groups excluding carboxylic acids is 1. The van der Waals surface area contributed by atoms with Gasteiger partial charge >= 0.3 is 5.97 Å². The number of methoxy groups -OCH3 is 2. The molecule has 0 N–H and O–H groups in total. The molecule has 2 heterocycles. The van der Waals surface area contributed by atoms with Gasteiger partial charge in [0.2, 0.25) is 5.88 Å². The number of ether oxygens (including phenoxy) is 3. The summed E-state index contributed by atoms with van der Waals surface area (Å²) in [5.41, 5.74) is 2.58. The summed E-state index contributed by atoms with van der Waals surface area (Å²) in [6.45, 7) is 5.53. The Hall–Kier alpha value is -3.42. The Kier molecular flexibility index (Phi) is 5.07. The summed E-state index contributed by atoms with van der Waals surface area (Å²) in [6, 6.07) is 8.31. The molecule has 0 aliphatic heterocycles. The zero-order chi connectivity index (χ0) is 19.6. The van der Waals surface area contributed by atoms with Crippen molar-refractivity contribution < 1.29 is 19.0 Å². The van der Waals surface area contributed by atoms with Crippen LogP contribution in [-0.2, 0) is 0 Å². The molecule has 0 saturated carbocycles. The summed E-state index contributed by atoms with van der Waals surface area (Å²) in [5, 5.41) is 4.34. The molecule has 8 heteroatoms. The van der Waals surface area contributed by atoms with Gasteiger partial charge in [-0.1, -0.05) is 0 Å². The van der Waals surface area contributed by atoms with Crippen LogP contribution in [0.1, 0.15) is 27.4 Å². The molecular formula is C19H20N4O4. The van der Waals surface area contributed by atoms with Crippen LogP contribution in [-0.4, -0.2) is 39.9 Å². The first-order valence-corrected chi connectivity index (χ1v) is 8.25. The van der Waals surface area contributed by atoms with Gasteiger partial charge in [0.15, 0.2) is 11.5 Å². The quantitative estimate of drug-likeness (QED) is 0.640. The van der Waals surface area contributed by atoms with E-state index in [1.165, 1.54) is 18.9 Å². The van der Waals surface area contributed by atoms with E-state index in [0.29, 0.717) is 28.7 Å². The molecule has 1 aromatic carbocycles. The maximum atomic E-state index is 12.6. The van der Waals surface area contributed by atoms with Crippen molar-refractivity contribution in [3.05, 3.63) is 53.0 Å². The molecule has 27 heavy (non-hydrogen) atoms. The number of benzene rings is 1. The maximum Gasteiger partial charge on any atom is 0.345 e. The Morgan fingerprint density at radius 3 is 2.19 bits per heavy atom. The van der Waals surface area contributed by atoms with Crippen molar-refractivity contribution in [1.29, 1.82) is 0 Å². The number of esters is 1. The fraction of sp³-hybridized carbons (Fsp3) is 0.263. The summed E-state index contributed by atoms with van der Waals surface area (Å²) in [7, 11) is 3.03. The number of aryl methyl sites for hydroxylation is 3. The molecule has 2 aromatic heterocycles. The monoisotopic (exact) mass is 368 g/mol.